The summed E-state index contributed by atoms with van der Waals surface area (Å²) in [6, 6.07) is 9.05. The molecule has 8 nitrogen and oxygen atoms in total. The molecule has 0 radical (unpaired) electrons. The molecule has 1 aromatic rings. The van der Waals surface area contributed by atoms with Crippen LogP contribution in [0, 0.1) is 0 Å². The average molecular weight is 361 g/mol. The van der Waals surface area contributed by atoms with E-state index in [0.717, 1.165) is 5.56 Å². The third kappa shape index (κ3) is 5.23. The van der Waals surface area contributed by atoms with Crippen LogP contribution < -0.4 is 5.32 Å². The number of carbonyl (C=O) groups is 3. The highest BCUT2D eigenvalue weighted by Crippen LogP contribution is 2.12. The van der Waals surface area contributed by atoms with Crippen LogP contribution in [0.3, 0.4) is 0 Å². The van der Waals surface area contributed by atoms with Crippen molar-refractivity contribution >= 4 is 18.1 Å². The summed E-state index contributed by atoms with van der Waals surface area (Å²) in [4.78, 5) is 37.9. The van der Waals surface area contributed by atoms with Gasteiger partial charge in [-0.2, -0.15) is 0 Å². The highest BCUT2D eigenvalue weighted by Gasteiger charge is 2.26. The Labute approximate surface area is 152 Å². The molecule has 1 aliphatic rings. The minimum absolute atomic E-state index is 0.0508. The minimum atomic E-state index is -1.05. The van der Waals surface area contributed by atoms with Crippen molar-refractivity contribution in [2.24, 2.45) is 0 Å². The molecule has 140 valence electrons. The number of rotatable bonds is 7. The van der Waals surface area contributed by atoms with E-state index in [1.54, 1.807) is 14.0 Å². The number of allylic oxidation sites excluding steroid dienone is 1. The fourth-order valence-electron chi connectivity index (χ4n) is 2.52. The quantitative estimate of drug-likeness (QED) is 0.774. The summed E-state index contributed by atoms with van der Waals surface area (Å²) in [7, 11) is 1.62. The standard InChI is InChI=1S/C18H23N3O5/c1-13-15(16(22)23)11-21(17(24)19-13)10-6-9-20(2)18(25)26-12-14-7-4-3-5-8-14/h3-5,7-8H,6,9-12H2,1-2H3,(H,19,24)(H,22,23). The number of benzene rings is 1. The molecule has 0 fully saturated rings. The lowest BCUT2D eigenvalue weighted by Crippen LogP contribution is -2.47. The van der Waals surface area contributed by atoms with Crippen molar-refractivity contribution in [2.75, 3.05) is 26.7 Å². The van der Waals surface area contributed by atoms with Gasteiger partial charge in [0.2, 0.25) is 0 Å². The van der Waals surface area contributed by atoms with Gasteiger partial charge in [-0.1, -0.05) is 30.3 Å². The van der Waals surface area contributed by atoms with E-state index in [1.165, 1.54) is 9.80 Å². The third-order valence-corrected chi connectivity index (χ3v) is 4.08. The van der Waals surface area contributed by atoms with E-state index in [1.807, 2.05) is 30.3 Å². The molecule has 0 bridgehead atoms. The van der Waals surface area contributed by atoms with Crippen LogP contribution in [0.4, 0.5) is 9.59 Å². The summed E-state index contributed by atoms with van der Waals surface area (Å²) in [5, 5.41) is 11.7. The first-order valence-electron chi connectivity index (χ1n) is 8.29. The second-order valence-corrected chi connectivity index (χ2v) is 6.08. The average Bonchev–Trinajstić information content (AvgIpc) is 2.61. The van der Waals surface area contributed by atoms with Gasteiger partial charge in [-0.15, -0.1) is 0 Å². The van der Waals surface area contributed by atoms with E-state index in [2.05, 4.69) is 5.32 Å². The lowest BCUT2D eigenvalue weighted by atomic mass is 10.1. The zero-order chi connectivity index (χ0) is 19.1. The molecule has 0 spiro atoms. The lowest BCUT2D eigenvalue weighted by molar-refractivity contribution is -0.133. The summed E-state index contributed by atoms with van der Waals surface area (Å²) in [5.41, 5.74) is 1.43. The van der Waals surface area contributed by atoms with Gasteiger partial charge in [-0.25, -0.2) is 14.4 Å². The van der Waals surface area contributed by atoms with Crippen LogP contribution >= 0.6 is 0 Å². The summed E-state index contributed by atoms with van der Waals surface area (Å²) in [5.74, 6) is -1.05. The molecular formula is C18H23N3O5. The fraction of sp³-hybridized carbons (Fsp3) is 0.389. The number of nitrogens with zero attached hydrogens (tertiary/aromatic N) is 2. The number of urea groups is 1. The zero-order valence-corrected chi connectivity index (χ0v) is 14.9. The number of hydrogen-bond donors (Lipinski definition) is 2. The van der Waals surface area contributed by atoms with Crippen molar-refractivity contribution < 1.29 is 24.2 Å². The molecule has 8 heteroatoms. The Hall–Kier alpha value is -3.03. The Bertz CT molecular complexity index is 702. The highest BCUT2D eigenvalue weighted by atomic mass is 16.6. The Morgan fingerprint density at radius 3 is 2.65 bits per heavy atom. The van der Waals surface area contributed by atoms with Gasteiger partial charge >= 0.3 is 18.1 Å². The molecule has 0 saturated heterocycles. The van der Waals surface area contributed by atoms with E-state index in [0.29, 0.717) is 25.2 Å². The summed E-state index contributed by atoms with van der Waals surface area (Å²) >= 11 is 0. The summed E-state index contributed by atoms with van der Waals surface area (Å²) < 4.78 is 5.23. The van der Waals surface area contributed by atoms with Gasteiger partial charge in [0.25, 0.3) is 0 Å². The van der Waals surface area contributed by atoms with Crippen molar-refractivity contribution in [1.29, 1.82) is 0 Å². The monoisotopic (exact) mass is 361 g/mol. The second kappa shape index (κ2) is 8.89. The molecule has 2 N–H and O–H groups in total. The van der Waals surface area contributed by atoms with Gasteiger partial charge in [0.15, 0.2) is 0 Å². The van der Waals surface area contributed by atoms with Crippen molar-refractivity contribution in [3.8, 4) is 0 Å². The summed E-state index contributed by atoms with van der Waals surface area (Å²) in [6.45, 7) is 2.55. The summed E-state index contributed by atoms with van der Waals surface area (Å²) in [6.07, 6.45) is 0.0648. The van der Waals surface area contributed by atoms with Gasteiger partial charge in [0, 0.05) is 25.8 Å². The second-order valence-electron chi connectivity index (χ2n) is 6.08. The first-order valence-corrected chi connectivity index (χ1v) is 8.29. The molecule has 2 rings (SSSR count). The number of carbonyl (C=O) groups excluding carboxylic acids is 2. The molecule has 1 heterocycles. The van der Waals surface area contributed by atoms with Gasteiger partial charge in [-0.05, 0) is 18.9 Å². The first-order chi connectivity index (χ1) is 12.4. The molecule has 1 aliphatic heterocycles. The van der Waals surface area contributed by atoms with Crippen molar-refractivity contribution in [3.05, 3.63) is 47.2 Å². The maximum absolute atomic E-state index is 12.0. The number of aliphatic carboxylic acids is 1. The van der Waals surface area contributed by atoms with Gasteiger partial charge in [0.1, 0.15) is 6.61 Å². The van der Waals surface area contributed by atoms with Crippen LogP contribution in [-0.2, 0) is 16.1 Å². The Morgan fingerprint density at radius 2 is 2.00 bits per heavy atom. The van der Waals surface area contributed by atoms with E-state index < -0.39 is 12.1 Å². The van der Waals surface area contributed by atoms with Gasteiger partial charge < -0.3 is 25.0 Å². The molecule has 1 aromatic carbocycles. The first kappa shape index (κ1) is 19.3. The predicted octanol–water partition coefficient (Wildman–Crippen LogP) is 2.03. The van der Waals surface area contributed by atoms with Crippen molar-refractivity contribution in [2.45, 2.75) is 20.0 Å². The molecule has 0 saturated carbocycles. The number of amides is 3. The molecule has 0 atom stereocenters. The molecule has 0 unspecified atom stereocenters. The molecule has 3 amide bonds. The Morgan fingerprint density at radius 1 is 1.31 bits per heavy atom. The molecule has 0 aromatic heterocycles. The molecule has 26 heavy (non-hydrogen) atoms. The SMILES string of the molecule is CC1=C(C(=O)O)CN(CCCN(C)C(=O)OCc2ccccc2)C(=O)N1. The van der Waals surface area contributed by atoms with Crippen molar-refractivity contribution in [1.82, 2.24) is 15.1 Å². The zero-order valence-electron chi connectivity index (χ0n) is 14.9. The van der Waals surface area contributed by atoms with Crippen LogP contribution in [-0.4, -0.2) is 59.7 Å². The van der Waals surface area contributed by atoms with E-state index in [4.69, 9.17) is 9.84 Å². The van der Waals surface area contributed by atoms with Crippen LogP contribution in [0.2, 0.25) is 0 Å². The number of nitrogens with one attached hydrogen (secondary N) is 1. The van der Waals surface area contributed by atoms with E-state index >= 15 is 0 Å². The lowest BCUT2D eigenvalue weighted by Gasteiger charge is -2.29. The maximum atomic E-state index is 12.0. The molecular weight excluding hydrogens is 338 g/mol. The minimum Gasteiger partial charge on any atom is -0.478 e. The molecule has 0 aliphatic carbocycles. The normalized spacial score (nSPS) is 14.1. The number of ether oxygens (including phenoxy) is 1. The number of carboxylic acids is 1. The largest absolute Gasteiger partial charge is 0.478 e. The van der Waals surface area contributed by atoms with Crippen LogP contribution in [0.1, 0.15) is 18.9 Å². The fourth-order valence-corrected chi connectivity index (χ4v) is 2.52. The van der Waals surface area contributed by atoms with Gasteiger partial charge in [-0.3, -0.25) is 0 Å². The van der Waals surface area contributed by atoms with Crippen molar-refractivity contribution in [3.63, 3.8) is 0 Å². The third-order valence-electron chi connectivity index (χ3n) is 4.08. The number of hydrogen-bond acceptors (Lipinski definition) is 4. The van der Waals surface area contributed by atoms with Gasteiger partial charge in [0.05, 0.1) is 12.1 Å². The van der Waals surface area contributed by atoms with E-state index in [9.17, 15) is 14.4 Å². The maximum Gasteiger partial charge on any atom is 0.409 e. The van der Waals surface area contributed by atoms with E-state index in [-0.39, 0.29) is 24.8 Å². The Balaban J connectivity index is 1.75. The van der Waals surface area contributed by atoms with Crippen LogP contribution in [0.15, 0.2) is 41.6 Å². The predicted molar refractivity (Wildman–Crippen MR) is 94.3 cm³/mol. The Kier molecular flexibility index (Phi) is 6.60. The highest BCUT2D eigenvalue weighted by molar-refractivity contribution is 5.92. The van der Waals surface area contributed by atoms with Crippen LogP contribution in [0.25, 0.3) is 0 Å². The number of carboxylic acid groups (broad SMARTS) is 1. The van der Waals surface area contributed by atoms with Crippen LogP contribution in [0.5, 0.6) is 0 Å². The topological polar surface area (TPSA) is 99.2 Å². The smallest absolute Gasteiger partial charge is 0.409 e.